The van der Waals surface area contributed by atoms with E-state index in [2.05, 4.69) is 27.5 Å². The van der Waals surface area contributed by atoms with Gasteiger partial charge in [-0.25, -0.2) is 0 Å². The van der Waals surface area contributed by atoms with E-state index in [0.29, 0.717) is 12.6 Å². The third-order valence-electron chi connectivity index (χ3n) is 2.26. The average Bonchev–Trinajstić information content (AvgIpc) is 2.09. The molecule has 2 heteroatoms. The van der Waals surface area contributed by atoms with Crippen molar-refractivity contribution in [2.45, 2.75) is 57.7 Å². The fourth-order valence-electron chi connectivity index (χ4n) is 1.34. The molecule has 1 atom stereocenters. The maximum absolute atomic E-state index is 3.17. The SMILES string of the molecule is CCCCCCC(C)CC[SeH]=[Se]. The summed E-state index contributed by atoms with van der Waals surface area (Å²) in [5.41, 5.74) is 0. The van der Waals surface area contributed by atoms with E-state index in [1.54, 1.807) is 0 Å². The fraction of sp³-hybridized carbons (Fsp3) is 1.00. The number of unbranched alkanes of at least 4 members (excludes halogenated alkanes) is 3. The summed E-state index contributed by atoms with van der Waals surface area (Å²) in [5, 5.41) is 1.46. The molecule has 12 heavy (non-hydrogen) atoms. The Labute approximate surface area is 89.7 Å². The molecule has 0 bridgehead atoms. The van der Waals surface area contributed by atoms with Gasteiger partial charge in [0.1, 0.15) is 0 Å². The zero-order valence-electron chi connectivity index (χ0n) is 8.38. The number of hydrogen-bond donors (Lipinski definition) is 0. The van der Waals surface area contributed by atoms with Crippen molar-refractivity contribution < 1.29 is 0 Å². The zero-order valence-corrected chi connectivity index (χ0v) is 12.0. The molecule has 74 valence electrons. The summed E-state index contributed by atoms with van der Waals surface area (Å²) >= 11 is 3.71. The van der Waals surface area contributed by atoms with E-state index < -0.39 is 0 Å². The second kappa shape index (κ2) is 10.1. The van der Waals surface area contributed by atoms with Crippen LogP contribution in [0, 0.1) is 5.92 Å². The van der Waals surface area contributed by atoms with E-state index in [-0.39, 0.29) is 0 Å². The Hall–Kier alpha value is 1.04. The van der Waals surface area contributed by atoms with Gasteiger partial charge in [0.25, 0.3) is 0 Å². The van der Waals surface area contributed by atoms with Crippen LogP contribution in [0.25, 0.3) is 0 Å². The van der Waals surface area contributed by atoms with Gasteiger partial charge in [0.2, 0.25) is 0 Å². The Morgan fingerprint density at radius 3 is 2.50 bits per heavy atom. The molecule has 0 aliphatic carbocycles. The van der Waals surface area contributed by atoms with E-state index in [1.807, 2.05) is 0 Å². The molecule has 0 aliphatic heterocycles. The third-order valence-corrected chi connectivity index (χ3v) is 5.18. The van der Waals surface area contributed by atoms with Gasteiger partial charge in [0.05, 0.1) is 0 Å². The monoisotopic (exact) mass is 302 g/mol. The van der Waals surface area contributed by atoms with Crippen molar-refractivity contribution in [2.24, 2.45) is 5.92 Å². The Balaban J connectivity index is 3.07. The predicted octanol–water partition coefficient (Wildman–Crippen LogP) is 2.92. The third kappa shape index (κ3) is 9.13. The van der Waals surface area contributed by atoms with Crippen molar-refractivity contribution in [1.29, 1.82) is 0 Å². The van der Waals surface area contributed by atoms with Gasteiger partial charge in [0, 0.05) is 0 Å². The van der Waals surface area contributed by atoms with Gasteiger partial charge in [0.15, 0.2) is 0 Å². The topological polar surface area (TPSA) is 0 Å². The number of hydrogen-bond acceptors (Lipinski definition) is 0. The van der Waals surface area contributed by atoms with Crippen LogP contribution in [0.5, 0.6) is 0 Å². The summed E-state index contributed by atoms with van der Waals surface area (Å²) in [6.45, 7) is 4.68. The minimum absolute atomic E-state index is 0.546. The molecule has 0 saturated heterocycles. The normalized spacial score (nSPS) is 13.2. The van der Waals surface area contributed by atoms with E-state index in [1.165, 1.54) is 43.8 Å². The van der Waals surface area contributed by atoms with Gasteiger partial charge < -0.3 is 0 Å². The van der Waals surface area contributed by atoms with Gasteiger partial charge in [-0.15, -0.1) is 0 Å². The second-order valence-corrected chi connectivity index (χ2v) is 7.89. The van der Waals surface area contributed by atoms with Crippen molar-refractivity contribution >= 4 is 26.3 Å². The molecule has 0 spiro atoms. The molecule has 0 rings (SSSR count). The molecule has 0 heterocycles. The van der Waals surface area contributed by atoms with Crippen molar-refractivity contribution in [3.8, 4) is 0 Å². The maximum atomic E-state index is 3.17. The molecule has 1 unspecified atom stereocenters. The van der Waals surface area contributed by atoms with Crippen LogP contribution in [0.3, 0.4) is 0 Å². The van der Waals surface area contributed by atoms with Crippen LogP contribution in [0.4, 0.5) is 0 Å². The second-order valence-electron chi connectivity index (χ2n) is 3.60. The fourth-order valence-corrected chi connectivity index (χ4v) is 3.63. The molecule has 0 saturated carbocycles. The van der Waals surface area contributed by atoms with E-state index in [0.717, 1.165) is 5.92 Å². The summed E-state index contributed by atoms with van der Waals surface area (Å²) in [5.74, 6) is 0.977. The molecule has 0 amide bonds. The molecule has 0 aromatic rings. The van der Waals surface area contributed by atoms with Gasteiger partial charge in [-0.1, -0.05) is 0 Å². The van der Waals surface area contributed by atoms with Crippen molar-refractivity contribution in [2.75, 3.05) is 0 Å². The van der Waals surface area contributed by atoms with Crippen LogP contribution in [-0.2, 0) is 0 Å². The Kier molecular flexibility index (Phi) is 11.0. The Morgan fingerprint density at radius 1 is 1.17 bits per heavy atom. The zero-order chi connectivity index (χ0) is 9.23. The van der Waals surface area contributed by atoms with Crippen molar-refractivity contribution in [1.82, 2.24) is 0 Å². The standard InChI is InChI=1S/C10H22Se2/c1-3-4-5-6-7-10(2)8-9-12-11/h10,12H,3-9H2,1-2H3. The summed E-state index contributed by atoms with van der Waals surface area (Å²) in [7, 11) is 0. The van der Waals surface area contributed by atoms with Crippen LogP contribution < -0.4 is 0 Å². The van der Waals surface area contributed by atoms with Crippen molar-refractivity contribution in [3.05, 3.63) is 0 Å². The van der Waals surface area contributed by atoms with Crippen LogP contribution in [0.2, 0.25) is 5.32 Å². The van der Waals surface area contributed by atoms with E-state index >= 15 is 0 Å². The van der Waals surface area contributed by atoms with E-state index in [9.17, 15) is 0 Å². The first kappa shape index (κ1) is 13.0. The van der Waals surface area contributed by atoms with Gasteiger partial charge >= 0.3 is 89.9 Å². The first-order chi connectivity index (χ1) is 5.81. The molecule has 0 fully saturated rings. The van der Waals surface area contributed by atoms with Crippen LogP contribution in [-0.4, -0.2) is 26.3 Å². The summed E-state index contributed by atoms with van der Waals surface area (Å²) < 4.78 is 0. The van der Waals surface area contributed by atoms with Gasteiger partial charge in [-0.3, -0.25) is 0 Å². The molecule has 0 nitrogen and oxygen atoms in total. The molecular formula is C10H22Se2. The molecule has 0 aromatic heterocycles. The molecule has 0 aromatic carbocycles. The number of rotatable bonds is 8. The van der Waals surface area contributed by atoms with Crippen LogP contribution in [0.1, 0.15) is 52.4 Å². The van der Waals surface area contributed by atoms with Crippen LogP contribution in [0.15, 0.2) is 0 Å². The summed E-state index contributed by atoms with van der Waals surface area (Å²) in [4.78, 5) is 0. The molecule has 0 aliphatic rings. The molecule has 0 N–H and O–H groups in total. The summed E-state index contributed by atoms with van der Waals surface area (Å²) in [6.07, 6.45) is 8.62. The predicted molar refractivity (Wildman–Crippen MR) is 60.3 cm³/mol. The first-order valence-corrected chi connectivity index (χ1v) is 11.2. The van der Waals surface area contributed by atoms with Crippen molar-refractivity contribution in [3.63, 3.8) is 0 Å². The molecular weight excluding hydrogens is 278 g/mol. The Bertz CT molecular complexity index is 102. The van der Waals surface area contributed by atoms with Gasteiger partial charge in [-0.05, 0) is 0 Å². The Morgan fingerprint density at radius 2 is 1.92 bits per heavy atom. The minimum atomic E-state index is 0.546. The first-order valence-electron chi connectivity index (χ1n) is 5.10. The van der Waals surface area contributed by atoms with Crippen LogP contribution >= 0.6 is 0 Å². The molecule has 0 radical (unpaired) electrons. The quantitative estimate of drug-likeness (QED) is 0.477. The van der Waals surface area contributed by atoms with E-state index in [4.69, 9.17) is 0 Å². The van der Waals surface area contributed by atoms with Gasteiger partial charge in [-0.2, -0.15) is 0 Å². The summed E-state index contributed by atoms with van der Waals surface area (Å²) in [6, 6.07) is 0. The average molecular weight is 300 g/mol.